The number of ether oxygens (including phenoxy) is 4. The number of carbonyl (C=O) groups is 3. The van der Waals surface area contributed by atoms with E-state index in [1.54, 1.807) is 77.1 Å². The van der Waals surface area contributed by atoms with Crippen LogP contribution in [0.3, 0.4) is 0 Å². The number of para-hydroxylation sites is 1. The van der Waals surface area contributed by atoms with Gasteiger partial charge in [-0.25, -0.2) is 14.1 Å². The minimum atomic E-state index is -4.55. The second kappa shape index (κ2) is 15.1. The van der Waals surface area contributed by atoms with Crippen LogP contribution in [0.4, 0.5) is 5.82 Å². The molecule has 2 aliphatic carbocycles. The van der Waals surface area contributed by atoms with E-state index in [0.717, 1.165) is 25.7 Å². The molecule has 0 spiro atoms. The van der Waals surface area contributed by atoms with Crippen molar-refractivity contribution >= 4 is 37.0 Å². The Morgan fingerprint density at radius 2 is 1.60 bits per heavy atom. The van der Waals surface area contributed by atoms with Crippen LogP contribution in [0, 0.1) is 23.2 Å². The van der Waals surface area contributed by atoms with Gasteiger partial charge >= 0.3 is 25.7 Å². The van der Waals surface area contributed by atoms with E-state index in [-0.39, 0.29) is 23.1 Å². The Labute approximate surface area is 321 Å². The van der Waals surface area contributed by atoms with Crippen molar-refractivity contribution in [1.82, 2.24) is 19.7 Å². The molecule has 300 valence electrons. The predicted molar refractivity (Wildman–Crippen MR) is 201 cm³/mol. The maximum atomic E-state index is 15.0. The summed E-state index contributed by atoms with van der Waals surface area (Å²) in [5.74, 6) is -2.12. The highest BCUT2D eigenvalue weighted by Gasteiger charge is 2.91. The van der Waals surface area contributed by atoms with Gasteiger partial charge in [-0.2, -0.15) is 10.2 Å². The molecule has 3 fully saturated rings. The molecule has 2 aromatic heterocycles. The third-order valence-electron chi connectivity index (χ3n) is 11.0. The maximum Gasteiger partial charge on any atom is 0.459 e. The number of fused-ring (bicyclic) bond motifs is 2. The van der Waals surface area contributed by atoms with Gasteiger partial charge in [0.05, 0.1) is 17.5 Å². The van der Waals surface area contributed by atoms with Gasteiger partial charge in [0.15, 0.2) is 11.9 Å². The van der Waals surface area contributed by atoms with E-state index < -0.39 is 73.0 Å². The second-order valence-electron chi connectivity index (χ2n) is 16.7. The Morgan fingerprint density at radius 1 is 0.945 bits per heavy atom. The molecule has 0 radical (unpaired) electrons. The van der Waals surface area contributed by atoms with Crippen LogP contribution in [0.15, 0.2) is 48.8 Å². The molecule has 16 heteroatoms. The molecule has 55 heavy (non-hydrogen) atoms. The summed E-state index contributed by atoms with van der Waals surface area (Å²) in [5, 5.41) is 7.12. The zero-order valence-electron chi connectivity index (χ0n) is 33.0. The van der Waals surface area contributed by atoms with Crippen LogP contribution in [0.1, 0.15) is 99.8 Å². The molecular weight excluding hydrogens is 729 g/mol. The second-order valence-corrected chi connectivity index (χ2v) is 18.4. The van der Waals surface area contributed by atoms with Crippen molar-refractivity contribution in [1.29, 1.82) is 0 Å². The van der Waals surface area contributed by atoms with E-state index in [2.05, 4.69) is 35.9 Å². The monoisotopic (exact) mass is 783 g/mol. The van der Waals surface area contributed by atoms with Gasteiger partial charge in [0.2, 0.25) is 5.60 Å². The molecule has 1 unspecified atom stereocenters. The van der Waals surface area contributed by atoms with Gasteiger partial charge in [0.1, 0.15) is 47.5 Å². The largest absolute Gasteiger partial charge is 0.461 e. The summed E-state index contributed by atoms with van der Waals surface area (Å²) < 4.78 is 53.9. The molecule has 3 N–H and O–H groups in total. The van der Waals surface area contributed by atoms with Gasteiger partial charge in [-0.05, 0) is 75.1 Å². The number of rotatable bonds is 13. The number of hydrogen-bond acceptors (Lipinski definition) is 13. The highest BCUT2D eigenvalue weighted by Crippen LogP contribution is 2.71. The van der Waals surface area contributed by atoms with Gasteiger partial charge in [0.25, 0.3) is 0 Å². The lowest BCUT2D eigenvalue weighted by atomic mass is 9.72. The summed E-state index contributed by atoms with van der Waals surface area (Å²) >= 11 is 0. The van der Waals surface area contributed by atoms with Gasteiger partial charge in [0, 0.05) is 0 Å². The van der Waals surface area contributed by atoms with E-state index in [4.69, 9.17) is 33.7 Å². The molecule has 6 rings (SSSR count). The third kappa shape index (κ3) is 7.85. The first-order valence-electron chi connectivity index (χ1n) is 19.0. The van der Waals surface area contributed by atoms with Crippen molar-refractivity contribution in [2.24, 2.45) is 23.2 Å². The zero-order valence-corrected chi connectivity index (χ0v) is 33.9. The SMILES string of the molecule is CC(C)C(=O)O[C@H]1[C@H](c2ccc3c(N)ncnn23)O[C@]2(C)C(O[P@@](=O)(N[C@@H](C)C(=O)O[C@H]3CC[C@H](C(C)(C)C)CC3)Oc3ccccc3)[C@]12OC(=O)C(C)C. The number of aromatic nitrogens is 3. The molecule has 1 aliphatic heterocycles. The van der Waals surface area contributed by atoms with Crippen LogP contribution in [0.2, 0.25) is 0 Å². The number of nitrogens with zero attached hydrogens (tertiary/aromatic N) is 3. The van der Waals surface area contributed by atoms with Crippen molar-refractivity contribution in [3.63, 3.8) is 0 Å². The smallest absolute Gasteiger partial charge is 0.459 e. The molecular formula is C39H54N5O10P. The maximum absolute atomic E-state index is 15.0. The van der Waals surface area contributed by atoms with Crippen molar-refractivity contribution < 1.29 is 46.9 Å². The van der Waals surface area contributed by atoms with Gasteiger partial charge in [-0.3, -0.25) is 18.9 Å². The fraction of sp³-hybridized carbons (Fsp3) is 0.615. The minimum absolute atomic E-state index is 0.162. The lowest BCUT2D eigenvalue weighted by Gasteiger charge is -2.37. The molecule has 15 nitrogen and oxygen atoms in total. The number of nitrogen functional groups attached to an aromatic ring is 1. The number of carbonyl (C=O) groups excluding carboxylic acids is 3. The van der Waals surface area contributed by atoms with Crippen molar-refractivity contribution in [2.45, 2.75) is 130 Å². The van der Waals surface area contributed by atoms with E-state index in [9.17, 15) is 18.9 Å². The first kappa shape index (κ1) is 40.6. The van der Waals surface area contributed by atoms with Crippen LogP contribution in [0.25, 0.3) is 5.52 Å². The quantitative estimate of drug-likeness (QED) is 0.111. The lowest BCUT2D eigenvalue weighted by molar-refractivity contribution is -0.181. The number of esters is 3. The van der Waals surface area contributed by atoms with Crippen LogP contribution >= 0.6 is 7.75 Å². The number of nitrogens with two attached hydrogens (primary N) is 1. The first-order valence-corrected chi connectivity index (χ1v) is 20.5. The zero-order chi connectivity index (χ0) is 40.1. The summed E-state index contributed by atoms with van der Waals surface area (Å²) in [5.41, 5.74) is 3.85. The Kier molecular flexibility index (Phi) is 11.2. The molecule has 7 atom stereocenters. The van der Waals surface area contributed by atoms with Crippen LogP contribution < -0.4 is 15.3 Å². The van der Waals surface area contributed by atoms with Crippen molar-refractivity contribution in [2.75, 3.05) is 5.73 Å². The number of benzene rings is 1. The average Bonchev–Trinajstić information content (AvgIpc) is 3.38. The highest BCUT2D eigenvalue weighted by molar-refractivity contribution is 7.52. The summed E-state index contributed by atoms with van der Waals surface area (Å²) in [4.78, 5) is 44.5. The molecule has 1 saturated heterocycles. The molecule has 3 aliphatic rings. The number of hydrogen-bond donors (Lipinski definition) is 2. The van der Waals surface area contributed by atoms with E-state index in [1.165, 1.54) is 17.8 Å². The number of anilines is 1. The molecule has 1 aromatic carbocycles. The topological polar surface area (TPSA) is 192 Å². The summed E-state index contributed by atoms with van der Waals surface area (Å²) in [7, 11) is -4.55. The van der Waals surface area contributed by atoms with E-state index in [1.807, 2.05) is 0 Å². The van der Waals surface area contributed by atoms with E-state index >= 15 is 0 Å². The summed E-state index contributed by atoms with van der Waals surface area (Å²) in [6.07, 6.45) is 0.647. The minimum Gasteiger partial charge on any atom is -0.461 e. The molecule has 0 bridgehead atoms. The Hall–Kier alpha value is -4.04. The average molecular weight is 784 g/mol. The lowest BCUT2D eigenvalue weighted by Crippen LogP contribution is -2.45. The summed E-state index contributed by atoms with van der Waals surface area (Å²) in [6.45, 7) is 16.5. The van der Waals surface area contributed by atoms with Crippen molar-refractivity contribution in [3.05, 3.63) is 54.5 Å². The fourth-order valence-corrected chi connectivity index (χ4v) is 9.39. The molecule has 2 saturated carbocycles. The normalized spacial score (nSPS) is 29.3. The highest BCUT2D eigenvalue weighted by atomic mass is 31.2. The first-order chi connectivity index (χ1) is 25.8. The van der Waals surface area contributed by atoms with Gasteiger partial charge in [-0.15, -0.1) is 0 Å². The Balaban J connectivity index is 1.33. The van der Waals surface area contributed by atoms with Crippen molar-refractivity contribution in [3.8, 4) is 5.75 Å². The van der Waals surface area contributed by atoms with Gasteiger partial charge < -0.3 is 29.2 Å². The Morgan fingerprint density at radius 3 is 2.22 bits per heavy atom. The molecule has 0 amide bonds. The fourth-order valence-electron chi connectivity index (χ4n) is 7.61. The number of nitrogens with one attached hydrogen (secondary N) is 1. The van der Waals surface area contributed by atoms with E-state index in [0.29, 0.717) is 17.1 Å². The van der Waals surface area contributed by atoms with Crippen LogP contribution in [-0.4, -0.2) is 68.1 Å². The molecule has 3 aromatic rings. The standard InChI is InChI=1S/C39H54N5O10P/c1-22(2)33(45)50-31-30(28-19-20-29-32(40)41-21-42-44(28)29)51-38(9)36(39(31,38)52-34(46)23(3)4)54-55(48,53-27-13-11-10-12-14-27)43-24(5)35(47)49-26-17-15-25(16-18-26)37(6,7)8/h10-14,19-26,30-31,36H,15-18H2,1-9H3,(H,43,48)(H2,40,41,42)/t24-,25-,26-,30-,31-,36?,38+,39+,55+/m0/s1. The Bertz CT molecular complexity index is 1940. The van der Waals surface area contributed by atoms with Crippen LogP contribution in [0.5, 0.6) is 5.75 Å². The van der Waals surface area contributed by atoms with Gasteiger partial charge in [-0.1, -0.05) is 66.7 Å². The summed E-state index contributed by atoms with van der Waals surface area (Å²) in [6, 6.07) is 10.6. The predicted octanol–water partition coefficient (Wildman–Crippen LogP) is 6.36. The molecule has 3 heterocycles. The third-order valence-corrected chi connectivity index (χ3v) is 12.7. The van der Waals surface area contributed by atoms with Crippen LogP contribution in [-0.2, 0) is 42.4 Å².